The van der Waals surface area contributed by atoms with Crippen molar-refractivity contribution in [3.05, 3.63) is 0 Å². The number of carbonyl (C=O) groups is 1. The molecule has 0 radical (unpaired) electrons. The van der Waals surface area contributed by atoms with Gasteiger partial charge in [0.15, 0.2) is 0 Å². The van der Waals surface area contributed by atoms with Gasteiger partial charge >= 0.3 is 97.3 Å². The van der Waals surface area contributed by atoms with E-state index < -0.39 is 6.51 Å². The summed E-state index contributed by atoms with van der Waals surface area (Å²) in [5, 5.41) is 3.67. The van der Waals surface area contributed by atoms with Crippen LogP contribution in [0.2, 0.25) is 43.3 Å². The number of amides is 1. The number of nitrogens with one attached hydrogen (secondary N) is 1. The SMILES string of the molecule is O=C(CI)N[C]12[CH]3[CH]4[CH]5[CH]1[Fe]45321678[CH]2[CH]1[CH]6[CH]7[CH]28. The molecule has 1 N–H and O–H groups in total. The van der Waals surface area contributed by atoms with Crippen LogP contribution in [0.15, 0.2) is 0 Å². The van der Waals surface area contributed by atoms with E-state index in [4.69, 9.17) is 0 Å². The number of hydrogen-bond acceptors (Lipinski definition) is 1. The van der Waals surface area contributed by atoms with Crippen LogP contribution in [0.5, 0.6) is 0 Å². The molecule has 0 bridgehead atoms. The number of fused-ring (bicyclic) bond motifs is 10. The molecular weight excluding hydrogens is 357 g/mol. The van der Waals surface area contributed by atoms with Gasteiger partial charge in [0.05, 0.1) is 0 Å². The predicted octanol–water partition coefficient (Wildman–Crippen LogP) is 2.83. The Balaban J connectivity index is 1.58. The fraction of sp³-hybridized carbons (Fsp3) is 0.917. The number of carbonyl (C=O) groups excluding carboxylic acids is 1. The quantitative estimate of drug-likeness (QED) is 0.453. The Kier molecular flexibility index (Phi) is 0.190. The van der Waals surface area contributed by atoms with E-state index in [1.54, 1.807) is 0 Å². The van der Waals surface area contributed by atoms with Crippen LogP contribution < -0.4 is 5.32 Å². The second-order valence-corrected chi connectivity index (χ2v) is 34.7. The Bertz CT molecular complexity index is 886. The summed E-state index contributed by atoms with van der Waals surface area (Å²) in [5.41, 5.74) is 0. The van der Waals surface area contributed by atoms with Crippen molar-refractivity contribution in [3.63, 3.8) is 0 Å². The van der Waals surface area contributed by atoms with Gasteiger partial charge < -0.3 is 0 Å². The van der Waals surface area contributed by atoms with E-state index in [9.17, 15) is 4.79 Å². The summed E-state index contributed by atoms with van der Waals surface area (Å²) < 4.78 is 1.30. The van der Waals surface area contributed by atoms with Crippen molar-refractivity contribution in [3.8, 4) is 0 Å². The summed E-state index contributed by atoms with van der Waals surface area (Å²) in [6.45, 7) is -2.96. The van der Waals surface area contributed by atoms with E-state index in [0.717, 1.165) is 0 Å². The number of hydrogen-bond donors (Lipinski definition) is 1. The van der Waals surface area contributed by atoms with Gasteiger partial charge in [-0.1, -0.05) is 0 Å². The zero-order chi connectivity index (χ0) is 10.0. The minimum atomic E-state index is -2.96. The second-order valence-electron chi connectivity index (χ2n) is 10.4. The summed E-state index contributed by atoms with van der Waals surface area (Å²) in [6.07, 6.45) is 0. The van der Waals surface area contributed by atoms with Gasteiger partial charge in [0.2, 0.25) is 0 Å². The molecule has 0 aromatic heterocycles. The van der Waals surface area contributed by atoms with Crippen LogP contribution in [-0.2, 0) is 11.3 Å². The molecule has 10 saturated heterocycles. The zero-order valence-corrected chi connectivity index (χ0v) is 11.8. The van der Waals surface area contributed by atoms with Crippen molar-refractivity contribution in [2.45, 2.75) is 47.8 Å². The molecule has 0 aromatic rings. The van der Waals surface area contributed by atoms with Crippen LogP contribution in [0.25, 0.3) is 0 Å². The average Bonchev–Trinajstić information content (AvgIpc) is 3.23. The van der Waals surface area contributed by atoms with E-state index in [0.29, 0.717) is 14.8 Å². The molecule has 10 heterocycles. The van der Waals surface area contributed by atoms with E-state index in [1.807, 2.05) is 0 Å². The Morgan fingerprint density at radius 1 is 1.06 bits per heavy atom. The predicted molar refractivity (Wildman–Crippen MR) is 63.5 cm³/mol. The van der Waals surface area contributed by atoms with Crippen molar-refractivity contribution in [1.82, 2.24) is 5.32 Å². The molecule has 10 rings (SSSR count). The van der Waals surface area contributed by atoms with E-state index in [1.165, 1.54) is 43.3 Å². The molecule has 4 unspecified atom stereocenters. The van der Waals surface area contributed by atoms with Gasteiger partial charge in [0, 0.05) is 0 Å². The summed E-state index contributed by atoms with van der Waals surface area (Å²) >= 11 is 2.24. The number of alkyl halides is 1. The van der Waals surface area contributed by atoms with E-state index in [2.05, 4.69) is 27.9 Å². The van der Waals surface area contributed by atoms with Crippen molar-refractivity contribution >= 4 is 28.5 Å². The molecule has 4 atom stereocenters. The first kappa shape index (κ1) is 6.25. The molecular formula is C12H12FeINO. The summed E-state index contributed by atoms with van der Waals surface area (Å²) in [5.74, 6) is 0.383. The number of halogens is 1. The normalized spacial score (nSPS) is 125. The minimum absolute atomic E-state index is 0.383. The Labute approximate surface area is 96.7 Å². The van der Waals surface area contributed by atoms with Crippen molar-refractivity contribution in [2.24, 2.45) is 0 Å². The second kappa shape index (κ2) is 0.486. The van der Waals surface area contributed by atoms with Crippen LogP contribution >= 0.6 is 22.6 Å². The monoisotopic (exact) mass is 369 g/mol. The molecule has 0 saturated carbocycles. The maximum absolute atomic E-state index is 11.9. The van der Waals surface area contributed by atoms with Crippen LogP contribution in [0.4, 0.5) is 0 Å². The van der Waals surface area contributed by atoms with Gasteiger partial charge in [0.25, 0.3) is 0 Å². The fourth-order valence-corrected chi connectivity index (χ4v) is 90.0. The van der Waals surface area contributed by atoms with Crippen LogP contribution in [0.1, 0.15) is 0 Å². The molecule has 16 heavy (non-hydrogen) atoms. The van der Waals surface area contributed by atoms with Gasteiger partial charge in [0.1, 0.15) is 0 Å². The molecule has 2 nitrogen and oxygen atoms in total. The summed E-state index contributed by atoms with van der Waals surface area (Å²) in [7, 11) is 0. The Morgan fingerprint density at radius 3 is 1.81 bits per heavy atom. The molecule has 10 aliphatic heterocycles. The Morgan fingerprint density at radius 2 is 1.56 bits per heavy atom. The van der Waals surface area contributed by atoms with Crippen molar-refractivity contribution in [2.75, 3.05) is 4.43 Å². The molecule has 1 spiro atoms. The Hall–Kier alpha value is 0.719. The molecule has 1 amide bonds. The maximum atomic E-state index is 11.9. The molecule has 10 fully saturated rings. The molecule has 86 valence electrons. The topological polar surface area (TPSA) is 29.1 Å². The van der Waals surface area contributed by atoms with Crippen LogP contribution in [0, 0.1) is 0 Å². The third-order valence-electron chi connectivity index (χ3n) is 15.1. The van der Waals surface area contributed by atoms with Crippen molar-refractivity contribution < 1.29 is 11.3 Å². The van der Waals surface area contributed by atoms with Crippen molar-refractivity contribution in [1.29, 1.82) is 0 Å². The first-order valence-corrected chi connectivity index (χ1v) is 14.4. The first-order chi connectivity index (χ1) is 7.50. The third kappa shape index (κ3) is 0.0569. The summed E-state index contributed by atoms with van der Waals surface area (Å²) in [6, 6.07) is 0. The first-order valence-electron chi connectivity index (χ1n) is 6.58. The van der Waals surface area contributed by atoms with E-state index in [-0.39, 0.29) is 0 Å². The van der Waals surface area contributed by atoms with Crippen LogP contribution in [-0.4, -0.2) is 14.8 Å². The van der Waals surface area contributed by atoms with Gasteiger partial charge in [-0.05, 0) is 0 Å². The third-order valence-corrected chi connectivity index (χ3v) is 58.0. The molecule has 4 heteroatoms. The molecule has 0 aromatic carbocycles. The zero-order valence-electron chi connectivity index (χ0n) is 8.54. The van der Waals surface area contributed by atoms with Gasteiger partial charge in [-0.3, -0.25) is 0 Å². The molecule has 10 aliphatic rings. The van der Waals surface area contributed by atoms with Crippen LogP contribution in [0.3, 0.4) is 0 Å². The average molecular weight is 369 g/mol. The molecule has 0 aliphatic carbocycles. The standard InChI is InChI=1S/C7H7INO.C5H5.Fe/c8-5-7(10)9-6-3-1-2-4-6;1-2-4-5-3-1;/h1-4H,5H2,(H,9,10);1-5H;. The number of rotatable bonds is 2. The summed E-state index contributed by atoms with van der Waals surface area (Å²) in [4.78, 5) is 23.7. The fourth-order valence-electron chi connectivity index (χ4n) is 16.8. The van der Waals surface area contributed by atoms with Gasteiger partial charge in [-0.15, -0.1) is 0 Å². The van der Waals surface area contributed by atoms with E-state index >= 15 is 0 Å². The van der Waals surface area contributed by atoms with Gasteiger partial charge in [-0.2, -0.15) is 0 Å². The van der Waals surface area contributed by atoms with Gasteiger partial charge in [-0.25, -0.2) is 0 Å².